The van der Waals surface area contributed by atoms with Crippen LogP contribution in [0.15, 0.2) is 41.4 Å². The SMILES string of the molecule is CCN([C@@H]1CS(=O)(=O)C[C@@H]1O)S(=O)(=O)c1cccc2cccnc12. The van der Waals surface area contributed by atoms with Gasteiger partial charge in [0, 0.05) is 18.1 Å². The first-order chi connectivity index (χ1) is 11.3. The Labute approximate surface area is 140 Å². The number of para-hydroxylation sites is 1. The molecule has 1 aliphatic rings. The van der Waals surface area contributed by atoms with Gasteiger partial charge in [0.25, 0.3) is 0 Å². The molecule has 1 fully saturated rings. The Kier molecular flexibility index (Phi) is 4.37. The fraction of sp³-hybridized carbons (Fsp3) is 0.400. The molecule has 0 bridgehead atoms. The second kappa shape index (κ2) is 6.07. The third kappa shape index (κ3) is 2.92. The second-order valence-corrected chi connectivity index (χ2v) is 9.76. The Morgan fingerprint density at radius 2 is 1.96 bits per heavy atom. The van der Waals surface area contributed by atoms with Crippen LogP contribution >= 0.6 is 0 Å². The summed E-state index contributed by atoms with van der Waals surface area (Å²) in [4.78, 5) is 4.16. The highest BCUT2D eigenvalue weighted by molar-refractivity contribution is 7.92. The van der Waals surface area contributed by atoms with Gasteiger partial charge in [0.2, 0.25) is 10.0 Å². The lowest BCUT2D eigenvalue weighted by Gasteiger charge is -2.28. The number of pyridine rings is 1. The largest absolute Gasteiger partial charge is 0.390 e. The molecule has 9 heteroatoms. The molecule has 0 amide bonds. The lowest BCUT2D eigenvalue weighted by molar-refractivity contribution is 0.130. The molecule has 2 aromatic rings. The van der Waals surface area contributed by atoms with E-state index in [2.05, 4.69) is 4.98 Å². The highest BCUT2D eigenvalue weighted by atomic mass is 32.2. The number of benzene rings is 1. The van der Waals surface area contributed by atoms with E-state index in [0.717, 1.165) is 4.31 Å². The van der Waals surface area contributed by atoms with E-state index in [4.69, 9.17) is 0 Å². The van der Waals surface area contributed by atoms with Gasteiger partial charge in [-0.15, -0.1) is 0 Å². The molecule has 1 aromatic heterocycles. The van der Waals surface area contributed by atoms with Crippen LogP contribution in [0.3, 0.4) is 0 Å². The Hall–Kier alpha value is -1.55. The summed E-state index contributed by atoms with van der Waals surface area (Å²) in [6.45, 7) is 1.68. The number of aromatic nitrogens is 1. The summed E-state index contributed by atoms with van der Waals surface area (Å²) in [5, 5.41) is 10.7. The van der Waals surface area contributed by atoms with E-state index in [1.165, 1.54) is 12.3 Å². The molecule has 1 N–H and O–H groups in total. The number of nitrogens with zero attached hydrogens (tertiary/aromatic N) is 2. The van der Waals surface area contributed by atoms with Crippen molar-refractivity contribution in [1.29, 1.82) is 0 Å². The van der Waals surface area contributed by atoms with Crippen LogP contribution in [-0.2, 0) is 19.9 Å². The minimum Gasteiger partial charge on any atom is -0.390 e. The monoisotopic (exact) mass is 370 g/mol. The van der Waals surface area contributed by atoms with Crippen LogP contribution in [-0.4, -0.2) is 61.4 Å². The molecule has 3 rings (SSSR count). The third-order valence-corrected chi connectivity index (χ3v) is 7.89. The maximum Gasteiger partial charge on any atom is 0.245 e. The van der Waals surface area contributed by atoms with E-state index < -0.39 is 37.8 Å². The van der Waals surface area contributed by atoms with Gasteiger partial charge in [-0.25, -0.2) is 16.8 Å². The molecule has 130 valence electrons. The average Bonchev–Trinajstić information content (AvgIpc) is 2.80. The van der Waals surface area contributed by atoms with E-state index in [1.807, 2.05) is 0 Å². The zero-order valence-electron chi connectivity index (χ0n) is 13.0. The molecular weight excluding hydrogens is 352 g/mol. The van der Waals surface area contributed by atoms with Gasteiger partial charge in [0.1, 0.15) is 4.90 Å². The molecule has 1 saturated heterocycles. The number of sulfone groups is 1. The summed E-state index contributed by atoms with van der Waals surface area (Å²) >= 11 is 0. The minimum absolute atomic E-state index is 0.0129. The van der Waals surface area contributed by atoms with Crippen molar-refractivity contribution in [2.45, 2.75) is 24.0 Å². The van der Waals surface area contributed by atoms with Crippen molar-refractivity contribution in [1.82, 2.24) is 9.29 Å². The van der Waals surface area contributed by atoms with Gasteiger partial charge in [-0.2, -0.15) is 4.31 Å². The highest BCUT2D eigenvalue weighted by Gasteiger charge is 2.44. The van der Waals surface area contributed by atoms with Crippen LogP contribution in [0, 0.1) is 0 Å². The Bertz CT molecular complexity index is 967. The van der Waals surface area contributed by atoms with Gasteiger partial charge < -0.3 is 5.11 Å². The summed E-state index contributed by atoms with van der Waals surface area (Å²) in [6, 6.07) is 7.31. The van der Waals surface area contributed by atoms with Gasteiger partial charge in [-0.1, -0.05) is 25.1 Å². The Morgan fingerprint density at radius 3 is 2.58 bits per heavy atom. The smallest absolute Gasteiger partial charge is 0.245 e. The molecular formula is C15H18N2O5S2. The molecule has 1 aliphatic heterocycles. The van der Waals surface area contributed by atoms with Crippen molar-refractivity contribution in [2.24, 2.45) is 0 Å². The van der Waals surface area contributed by atoms with E-state index in [9.17, 15) is 21.9 Å². The molecule has 2 heterocycles. The van der Waals surface area contributed by atoms with E-state index in [0.29, 0.717) is 10.9 Å². The Balaban J connectivity index is 2.11. The number of hydrogen-bond acceptors (Lipinski definition) is 6. The molecule has 7 nitrogen and oxygen atoms in total. The summed E-state index contributed by atoms with van der Waals surface area (Å²) in [5.41, 5.74) is 0.328. The lowest BCUT2D eigenvalue weighted by atomic mass is 10.2. The van der Waals surface area contributed by atoms with Crippen LogP contribution in [0.1, 0.15) is 6.92 Å². The summed E-state index contributed by atoms with van der Waals surface area (Å²) in [5.74, 6) is -0.795. The van der Waals surface area contributed by atoms with E-state index in [1.54, 1.807) is 31.2 Å². The average molecular weight is 370 g/mol. The standard InChI is InChI=1S/C15H18N2O5S2/c1-2-17(12-9-23(19,20)10-13(12)18)24(21,22)14-7-3-5-11-6-4-8-16-15(11)14/h3-8,12-13,18H,2,9-10H2,1H3/t12-,13+/m1/s1. The van der Waals surface area contributed by atoms with Crippen molar-refractivity contribution in [3.8, 4) is 0 Å². The molecule has 0 unspecified atom stereocenters. The third-order valence-electron chi connectivity index (χ3n) is 4.16. The summed E-state index contributed by atoms with van der Waals surface area (Å²) in [6.07, 6.45) is 0.277. The van der Waals surface area contributed by atoms with Crippen LogP contribution in [0.5, 0.6) is 0 Å². The highest BCUT2D eigenvalue weighted by Crippen LogP contribution is 2.28. The van der Waals surface area contributed by atoms with E-state index in [-0.39, 0.29) is 17.2 Å². The molecule has 0 saturated carbocycles. The first-order valence-electron chi connectivity index (χ1n) is 7.50. The number of aliphatic hydroxyl groups is 1. The van der Waals surface area contributed by atoms with Crippen LogP contribution in [0.25, 0.3) is 10.9 Å². The quantitative estimate of drug-likeness (QED) is 0.835. The maximum atomic E-state index is 13.1. The first kappa shape index (κ1) is 17.3. The fourth-order valence-electron chi connectivity index (χ4n) is 3.08. The predicted octanol–water partition coefficient (Wildman–Crippen LogP) is 0.403. The fourth-order valence-corrected chi connectivity index (χ4v) is 6.80. The van der Waals surface area contributed by atoms with Gasteiger partial charge in [0.05, 0.1) is 29.2 Å². The number of rotatable bonds is 4. The van der Waals surface area contributed by atoms with E-state index >= 15 is 0 Å². The molecule has 0 aliphatic carbocycles. The second-order valence-electron chi connectivity index (χ2n) is 5.75. The van der Waals surface area contributed by atoms with Gasteiger partial charge >= 0.3 is 0 Å². The number of aliphatic hydroxyl groups excluding tert-OH is 1. The van der Waals surface area contributed by atoms with Crippen LogP contribution in [0.2, 0.25) is 0 Å². The molecule has 24 heavy (non-hydrogen) atoms. The zero-order chi connectivity index (χ0) is 17.5. The van der Waals surface area contributed by atoms with Crippen molar-refractivity contribution in [3.05, 3.63) is 36.5 Å². The molecule has 0 radical (unpaired) electrons. The predicted molar refractivity (Wildman–Crippen MR) is 89.8 cm³/mol. The molecule has 1 aromatic carbocycles. The number of likely N-dealkylation sites (N-methyl/N-ethyl adjacent to an activating group) is 1. The lowest BCUT2D eigenvalue weighted by Crippen LogP contribution is -2.46. The van der Waals surface area contributed by atoms with Crippen molar-refractivity contribution in [2.75, 3.05) is 18.1 Å². The Morgan fingerprint density at radius 1 is 1.25 bits per heavy atom. The van der Waals surface area contributed by atoms with Crippen LogP contribution in [0.4, 0.5) is 0 Å². The van der Waals surface area contributed by atoms with Gasteiger partial charge in [-0.3, -0.25) is 4.98 Å². The molecule has 2 atom stereocenters. The molecule has 0 spiro atoms. The van der Waals surface area contributed by atoms with Gasteiger partial charge in [-0.05, 0) is 12.1 Å². The first-order valence-corrected chi connectivity index (χ1v) is 10.8. The number of fused-ring (bicyclic) bond motifs is 1. The van der Waals surface area contributed by atoms with Crippen LogP contribution < -0.4 is 0 Å². The summed E-state index contributed by atoms with van der Waals surface area (Å²) in [7, 11) is -7.45. The zero-order valence-corrected chi connectivity index (χ0v) is 14.7. The number of sulfonamides is 1. The van der Waals surface area contributed by atoms with Crippen molar-refractivity contribution in [3.63, 3.8) is 0 Å². The summed E-state index contributed by atoms with van der Waals surface area (Å²) < 4.78 is 50.8. The van der Waals surface area contributed by atoms with Crippen molar-refractivity contribution < 1.29 is 21.9 Å². The minimum atomic E-state index is -4.00. The normalized spacial score (nSPS) is 23.8. The number of hydrogen-bond donors (Lipinski definition) is 1. The maximum absolute atomic E-state index is 13.1. The van der Waals surface area contributed by atoms with Gasteiger partial charge in [0.15, 0.2) is 9.84 Å². The van der Waals surface area contributed by atoms with Crippen molar-refractivity contribution >= 4 is 30.8 Å². The topological polar surface area (TPSA) is 105 Å².